The fourth-order valence-corrected chi connectivity index (χ4v) is 4.66. The first-order valence-corrected chi connectivity index (χ1v) is 9.39. The van der Waals surface area contributed by atoms with Crippen LogP contribution in [0.1, 0.15) is 46.6 Å². The summed E-state index contributed by atoms with van der Waals surface area (Å²) in [5, 5.41) is 10.7. The van der Waals surface area contributed by atoms with Crippen LogP contribution in [0.25, 0.3) is 0 Å². The third kappa shape index (κ3) is 2.87. The minimum Gasteiger partial charge on any atom is -0.493 e. The van der Waals surface area contributed by atoms with E-state index >= 15 is 0 Å². The highest BCUT2D eigenvalue weighted by molar-refractivity contribution is 5.91. The van der Waals surface area contributed by atoms with Crippen LogP contribution in [0.15, 0.2) is 48.0 Å². The lowest BCUT2D eigenvalue weighted by Crippen LogP contribution is -2.28. The van der Waals surface area contributed by atoms with Crippen molar-refractivity contribution in [1.29, 1.82) is 0 Å². The van der Waals surface area contributed by atoms with Crippen LogP contribution in [-0.2, 0) is 16.0 Å². The van der Waals surface area contributed by atoms with Crippen molar-refractivity contribution >= 4 is 5.97 Å². The summed E-state index contributed by atoms with van der Waals surface area (Å²) in [6.45, 7) is 0. The number of aliphatic hydroxyl groups is 1. The molecule has 0 saturated heterocycles. The van der Waals surface area contributed by atoms with Crippen molar-refractivity contribution < 1.29 is 24.1 Å². The van der Waals surface area contributed by atoms with Gasteiger partial charge in [0.2, 0.25) is 0 Å². The van der Waals surface area contributed by atoms with Gasteiger partial charge in [-0.25, -0.2) is 4.79 Å². The van der Waals surface area contributed by atoms with Gasteiger partial charge in [0.05, 0.1) is 27.4 Å². The van der Waals surface area contributed by atoms with Gasteiger partial charge in [-0.2, -0.15) is 0 Å². The maximum Gasteiger partial charge on any atom is 0.334 e. The zero-order valence-electron chi connectivity index (χ0n) is 16.3. The van der Waals surface area contributed by atoms with E-state index in [4.69, 9.17) is 14.2 Å². The van der Waals surface area contributed by atoms with E-state index in [1.165, 1.54) is 12.7 Å². The summed E-state index contributed by atoms with van der Waals surface area (Å²) in [7, 11) is 4.59. The normalized spacial score (nSPS) is 22.7. The number of carbonyl (C=O) groups is 1. The van der Waals surface area contributed by atoms with Crippen LogP contribution in [0.4, 0.5) is 0 Å². The quantitative estimate of drug-likeness (QED) is 0.820. The maximum absolute atomic E-state index is 12.5. The van der Waals surface area contributed by atoms with Crippen molar-refractivity contribution in [2.24, 2.45) is 0 Å². The Labute approximate surface area is 164 Å². The summed E-state index contributed by atoms with van der Waals surface area (Å²) in [6.07, 6.45) is 2.26. The van der Waals surface area contributed by atoms with Gasteiger partial charge >= 0.3 is 5.97 Å². The summed E-state index contributed by atoms with van der Waals surface area (Å²) in [5.74, 6) is 0.933. The van der Waals surface area contributed by atoms with E-state index in [1.54, 1.807) is 20.3 Å². The van der Waals surface area contributed by atoms with Gasteiger partial charge in [0.25, 0.3) is 0 Å². The topological polar surface area (TPSA) is 65.0 Å². The molecule has 2 aliphatic rings. The maximum atomic E-state index is 12.5. The van der Waals surface area contributed by atoms with Crippen molar-refractivity contribution in [2.75, 3.05) is 21.3 Å². The van der Waals surface area contributed by atoms with Gasteiger partial charge in [0.15, 0.2) is 11.5 Å². The molecule has 0 amide bonds. The van der Waals surface area contributed by atoms with E-state index in [1.807, 2.05) is 24.3 Å². The van der Waals surface area contributed by atoms with E-state index < -0.39 is 12.1 Å². The van der Waals surface area contributed by atoms with E-state index in [0.717, 1.165) is 29.5 Å². The molecule has 0 spiro atoms. The molecule has 0 aromatic heterocycles. The zero-order valence-corrected chi connectivity index (χ0v) is 16.3. The standard InChI is InChI=1S/C23H24O5/c1-26-20-12-17-19(24)11-16(23(25)28-3)15-9-14(13-7-5-4-6-8-13)10-18(21(15)17)22(20)27-2/h4-8,11-12,14-15,19,24H,9-10H2,1-3H3/t14-,15-,19?/m0/s1. The lowest BCUT2D eigenvalue weighted by atomic mass is 9.67. The largest absolute Gasteiger partial charge is 0.493 e. The Kier molecular flexibility index (Phi) is 4.85. The Morgan fingerprint density at radius 3 is 2.50 bits per heavy atom. The highest BCUT2D eigenvalue weighted by Gasteiger charge is 2.41. The number of hydrogen-bond acceptors (Lipinski definition) is 5. The molecule has 0 aliphatic heterocycles. The van der Waals surface area contributed by atoms with Crippen LogP contribution in [0, 0.1) is 0 Å². The highest BCUT2D eigenvalue weighted by Crippen LogP contribution is 2.53. The van der Waals surface area contributed by atoms with Crippen LogP contribution in [0.5, 0.6) is 11.5 Å². The monoisotopic (exact) mass is 380 g/mol. The molecular formula is C23H24O5. The minimum absolute atomic E-state index is 0.153. The predicted molar refractivity (Wildman–Crippen MR) is 105 cm³/mol. The third-order valence-corrected chi connectivity index (χ3v) is 5.89. The molecule has 2 aliphatic carbocycles. The molecular weight excluding hydrogens is 356 g/mol. The van der Waals surface area contributed by atoms with Gasteiger partial charge in [-0.1, -0.05) is 30.3 Å². The molecule has 28 heavy (non-hydrogen) atoms. The zero-order chi connectivity index (χ0) is 19.8. The number of hydrogen-bond donors (Lipinski definition) is 1. The van der Waals surface area contributed by atoms with Gasteiger partial charge in [-0.3, -0.25) is 0 Å². The number of methoxy groups -OCH3 is 3. The molecule has 0 fully saturated rings. The van der Waals surface area contributed by atoms with Crippen molar-refractivity contribution in [2.45, 2.75) is 30.8 Å². The summed E-state index contributed by atoms with van der Waals surface area (Å²) in [6, 6.07) is 12.1. The molecule has 0 saturated carbocycles. The number of aliphatic hydroxyl groups excluding tert-OH is 1. The summed E-state index contributed by atoms with van der Waals surface area (Å²) in [5.41, 5.74) is 4.47. The Bertz CT molecular complexity index is 932. The summed E-state index contributed by atoms with van der Waals surface area (Å²) < 4.78 is 16.3. The second-order valence-corrected chi connectivity index (χ2v) is 7.25. The smallest absolute Gasteiger partial charge is 0.334 e. The minimum atomic E-state index is -0.882. The molecule has 2 aromatic rings. The van der Waals surface area contributed by atoms with E-state index in [2.05, 4.69) is 12.1 Å². The fraction of sp³-hybridized carbons (Fsp3) is 0.348. The number of ether oxygens (including phenoxy) is 3. The number of esters is 1. The van der Waals surface area contributed by atoms with Crippen LogP contribution in [-0.4, -0.2) is 32.4 Å². The van der Waals surface area contributed by atoms with E-state index in [0.29, 0.717) is 17.1 Å². The lowest BCUT2D eigenvalue weighted by Gasteiger charge is -2.38. The number of rotatable bonds is 4. The summed E-state index contributed by atoms with van der Waals surface area (Å²) >= 11 is 0. The van der Waals surface area contributed by atoms with Gasteiger partial charge < -0.3 is 19.3 Å². The first-order valence-electron chi connectivity index (χ1n) is 9.39. The Morgan fingerprint density at radius 1 is 1.11 bits per heavy atom. The predicted octanol–water partition coefficient (Wildman–Crippen LogP) is 3.66. The SMILES string of the molecule is COC(=O)C1=CC(O)c2cc(OC)c(OC)c3c2[C@H]1C[C@H](c1ccccc1)C3. The molecule has 146 valence electrons. The molecule has 5 nitrogen and oxygen atoms in total. The molecule has 5 heteroatoms. The highest BCUT2D eigenvalue weighted by atomic mass is 16.5. The first-order chi connectivity index (χ1) is 13.6. The van der Waals surface area contributed by atoms with Gasteiger partial charge in [-0.15, -0.1) is 0 Å². The van der Waals surface area contributed by atoms with Crippen LogP contribution in [0.3, 0.4) is 0 Å². The lowest BCUT2D eigenvalue weighted by molar-refractivity contribution is -0.136. The molecule has 2 aromatic carbocycles. The van der Waals surface area contributed by atoms with E-state index in [9.17, 15) is 9.90 Å². The molecule has 4 rings (SSSR count). The van der Waals surface area contributed by atoms with Crippen LogP contribution in [0.2, 0.25) is 0 Å². The Balaban J connectivity index is 1.93. The Morgan fingerprint density at radius 2 is 1.86 bits per heavy atom. The van der Waals surface area contributed by atoms with E-state index in [-0.39, 0.29) is 11.8 Å². The van der Waals surface area contributed by atoms with Gasteiger partial charge in [-0.05, 0) is 47.6 Å². The van der Waals surface area contributed by atoms with Crippen molar-refractivity contribution in [3.8, 4) is 11.5 Å². The Hall–Kier alpha value is -2.79. The second-order valence-electron chi connectivity index (χ2n) is 7.25. The van der Waals surface area contributed by atoms with Gasteiger partial charge in [0.1, 0.15) is 0 Å². The summed E-state index contributed by atoms with van der Waals surface area (Å²) in [4.78, 5) is 12.5. The molecule has 3 atom stereocenters. The first kappa shape index (κ1) is 18.6. The van der Waals surface area contributed by atoms with Crippen LogP contribution >= 0.6 is 0 Å². The average Bonchev–Trinajstić information content (AvgIpc) is 2.75. The fourth-order valence-electron chi connectivity index (χ4n) is 4.66. The number of carbonyl (C=O) groups excluding carboxylic acids is 1. The van der Waals surface area contributed by atoms with Gasteiger partial charge in [0, 0.05) is 17.1 Å². The third-order valence-electron chi connectivity index (χ3n) is 5.89. The van der Waals surface area contributed by atoms with Crippen molar-refractivity contribution in [3.63, 3.8) is 0 Å². The molecule has 1 N–H and O–H groups in total. The number of benzene rings is 2. The molecule has 0 bridgehead atoms. The van der Waals surface area contributed by atoms with Crippen LogP contribution < -0.4 is 9.47 Å². The molecule has 0 radical (unpaired) electrons. The second kappa shape index (κ2) is 7.32. The average molecular weight is 380 g/mol. The van der Waals surface area contributed by atoms with Crippen molar-refractivity contribution in [1.82, 2.24) is 0 Å². The molecule has 1 unspecified atom stereocenters. The van der Waals surface area contributed by atoms with Crippen molar-refractivity contribution in [3.05, 3.63) is 70.3 Å². The molecule has 0 heterocycles.